The van der Waals surface area contributed by atoms with Crippen LogP contribution < -0.4 is 11.1 Å². The molecule has 11 heavy (non-hydrogen) atoms. The summed E-state index contributed by atoms with van der Waals surface area (Å²) in [5, 5.41) is 2.71. The van der Waals surface area contributed by atoms with Gasteiger partial charge in [-0.2, -0.15) is 19.3 Å². The summed E-state index contributed by atoms with van der Waals surface area (Å²) < 4.78 is 12.4. The van der Waals surface area contributed by atoms with Crippen molar-refractivity contribution in [2.24, 2.45) is 0 Å². The maximum atomic E-state index is 12.4. The SMILES string of the molecule is CCNc1nc(N)nc(F)n1. The molecule has 1 aromatic rings. The van der Waals surface area contributed by atoms with E-state index in [0.29, 0.717) is 6.54 Å². The molecule has 0 amide bonds. The molecule has 0 aliphatic rings. The second kappa shape index (κ2) is 3.09. The molecule has 0 unspecified atom stereocenters. The molecule has 1 heterocycles. The van der Waals surface area contributed by atoms with Crippen LogP contribution in [0.5, 0.6) is 0 Å². The summed E-state index contributed by atoms with van der Waals surface area (Å²) >= 11 is 0. The van der Waals surface area contributed by atoms with Gasteiger partial charge in [-0.1, -0.05) is 0 Å². The number of aromatic nitrogens is 3. The van der Waals surface area contributed by atoms with Crippen LogP contribution in [0.3, 0.4) is 0 Å². The van der Waals surface area contributed by atoms with E-state index in [9.17, 15) is 4.39 Å². The summed E-state index contributed by atoms with van der Waals surface area (Å²) in [5.74, 6) is 0.0472. The third-order valence-electron chi connectivity index (χ3n) is 0.960. The Morgan fingerprint density at radius 1 is 1.45 bits per heavy atom. The molecule has 0 aliphatic heterocycles. The van der Waals surface area contributed by atoms with Gasteiger partial charge in [0.05, 0.1) is 0 Å². The van der Waals surface area contributed by atoms with E-state index in [1.807, 2.05) is 6.92 Å². The van der Waals surface area contributed by atoms with Crippen molar-refractivity contribution in [3.05, 3.63) is 6.08 Å². The summed E-state index contributed by atoms with van der Waals surface area (Å²) in [5.41, 5.74) is 5.15. The van der Waals surface area contributed by atoms with Crippen LogP contribution in [0.1, 0.15) is 6.92 Å². The van der Waals surface area contributed by atoms with Crippen molar-refractivity contribution in [2.75, 3.05) is 17.6 Å². The molecular formula is C5H8FN5. The Hall–Kier alpha value is -1.46. The van der Waals surface area contributed by atoms with E-state index in [1.54, 1.807) is 0 Å². The smallest absolute Gasteiger partial charge is 0.315 e. The first-order chi connectivity index (χ1) is 5.22. The number of nitrogens with two attached hydrogens (primary N) is 1. The standard InChI is InChI=1S/C5H8FN5/c1-2-8-5-10-3(6)9-4(7)11-5/h2H2,1H3,(H3,7,8,9,10,11). The van der Waals surface area contributed by atoms with E-state index in [1.165, 1.54) is 0 Å². The number of nitrogens with one attached hydrogen (secondary N) is 1. The van der Waals surface area contributed by atoms with Crippen molar-refractivity contribution in [1.82, 2.24) is 15.0 Å². The lowest BCUT2D eigenvalue weighted by Crippen LogP contribution is -2.07. The van der Waals surface area contributed by atoms with Gasteiger partial charge in [-0.05, 0) is 6.92 Å². The number of hydrogen-bond donors (Lipinski definition) is 2. The lowest BCUT2D eigenvalue weighted by molar-refractivity contribution is 0.537. The van der Waals surface area contributed by atoms with Crippen LogP contribution in [0, 0.1) is 6.08 Å². The van der Waals surface area contributed by atoms with Gasteiger partial charge in [0.25, 0.3) is 0 Å². The van der Waals surface area contributed by atoms with Gasteiger partial charge in [0.15, 0.2) is 0 Å². The van der Waals surface area contributed by atoms with E-state index < -0.39 is 6.08 Å². The van der Waals surface area contributed by atoms with Crippen molar-refractivity contribution in [2.45, 2.75) is 6.92 Å². The highest BCUT2D eigenvalue weighted by Gasteiger charge is 2.00. The van der Waals surface area contributed by atoms with Crippen LogP contribution in [0.4, 0.5) is 16.3 Å². The Labute approximate surface area is 62.9 Å². The zero-order chi connectivity index (χ0) is 8.27. The highest BCUT2D eigenvalue weighted by Crippen LogP contribution is 1.99. The second-order valence-electron chi connectivity index (χ2n) is 1.82. The molecule has 0 radical (unpaired) electrons. The van der Waals surface area contributed by atoms with Gasteiger partial charge < -0.3 is 11.1 Å². The molecule has 0 aliphatic carbocycles. The Balaban J connectivity index is 2.89. The first-order valence-corrected chi connectivity index (χ1v) is 3.13. The van der Waals surface area contributed by atoms with Gasteiger partial charge in [0, 0.05) is 6.54 Å². The van der Waals surface area contributed by atoms with Crippen LogP contribution >= 0.6 is 0 Å². The fourth-order valence-electron chi connectivity index (χ4n) is 0.603. The highest BCUT2D eigenvalue weighted by molar-refractivity contribution is 5.28. The van der Waals surface area contributed by atoms with Crippen molar-refractivity contribution in [3.8, 4) is 0 Å². The Bertz CT molecular complexity index is 230. The summed E-state index contributed by atoms with van der Waals surface area (Å²) in [6.45, 7) is 2.46. The molecule has 0 fully saturated rings. The van der Waals surface area contributed by atoms with E-state index in [-0.39, 0.29) is 11.9 Å². The fourth-order valence-corrected chi connectivity index (χ4v) is 0.603. The average molecular weight is 157 g/mol. The van der Waals surface area contributed by atoms with E-state index in [4.69, 9.17) is 5.73 Å². The molecule has 1 rings (SSSR count). The molecule has 0 saturated heterocycles. The predicted octanol–water partition coefficient (Wildman–Crippen LogP) is 0.0247. The monoisotopic (exact) mass is 157 g/mol. The molecule has 6 heteroatoms. The molecule has 0 saturated carbocycles. The Kier molecular flexibility index (Phi) is 2.15. The predicted molar refractivity (Wildman–Crippen MR) is 38.4 cm³/mol. The van der Waals surface area contributed by atoms with Crippen LogP contribution in [-0.2, 0) is 0 Å². The molecule has 3 N–H and O–H groups in total. The van der Waals surface area contributed by atoms with Gasteiger partial charge in [-0.3, -0.25) is 0 Å². The first-order valence-electron chi connectivity index (χ1n) is 3.13. The highest BCUT2D eigenvalue weighted by atomic mass is 19.1. The maximum absolute atomic E-state index is 12.4. The van der Waals surface area contributed by atoms with Crippen LogP contribution in [0.2, 0.25) is 0 Å². The molecule has 0 bridgehead atoms. The minimum absolute atomic E-state index is 0.117. The van der Waals surface area contributed by atoms with E-state index in [2.05, 4.69) is 20.3 Å². The quantitative estimate of drug-likeness (QED) is 0.633. The zero-order valence-corrected chi connectivity index (χ0v) is 6.00. The molecule has 1 aromatic heterocycles. The normalized spacial score (nSPS) is 9.64. The lowest BCUT2D eigenvalue weighted by atomic mass is 10.7. The number of anilines is 2. The Morgan fingerprint density at radius 3 is 2.73 bits per heavy atom. The van der Waals surface area contributed by atoms with Gasteiger partial charge in [0.2, 0.25) is 11.9 Å². The zero-order valence-electron chi connectivity index (χ0n) is 6.00. The van der Waals surface area contributed by atoms with Crippen molar-refractivity contribution < 1.29 is 4.39 Å². The second-order valence-corrected chi connectivity index (χ2v) is 1.82. The van der Waals surface area contributed by atoms with Crippen LogP contribution in [-0.4, -0.2) is 21.5 Å². The summed E-state index contributed by atoms with van der Waals surface area (Å²) in [6, 6.07) is 0. The molecule has 0 spiro atoms. The van der Waals surface area contributed by atoms with E-state index >= 15 is 0 Å². The summed E-state index contributed by atoms with van der Waals surface area (Å²) in [6.07, 6.45) is -0.867. The number of rotatable bonds is 2. The van der Waals surface area contributed by atoms with Gasteiger partial charge >= 0.3 is 6.08 Å². The van der Waals surface area contributed by atoms with Crippen molar-refractivity contribution in [1.29, 1.82) is 0 Å². The van der Waals surface area contributed by atoms with E-state index in [0.717, 1.165) is 0 Å². The molecule has 0 atom stereocenters. The number of halogens is 1. The van der Waals surface area contributed by atoms with Crippen LogP contribution in [0.15, 0.2) is 0 Å². The topological polar surface area (TPSA) is 76.7 Å². The number of nitrogen functional groups attached to an aromatic ring is 1. The van der Waals surface area contributed by atoms with Gasteiger partial charge in [-0.25, -0.2) is 0 Å². The largest absolute Gasteiger partial charge is 0.368 e. The molecule has 60 valence electrons. The molecule has 5 nitrogen and oxygen atoms in total. The Morgan fingerprint density at radius 2 is 2.18 bits per heavy atom. The van der Waals surface area contributed by atoms with Crippen molar-refractivity contribution in [3.63, 3.8) is 0 Å². The summed E-state index contributed by atoms with van der Waals surface area (Å²) in [7, 11) is 0. The fraction of sp³-hybridized carbons (Fsp3) is 0.400. The van der Waals surface area contributed by atoms with Gasteiger partial charge in [0.1, 0.15) is 0 Å². The lowest BCUT2D eigenvalue weighted by Gasteiger charge is -1.99. The molecule has 0 aromatic carbocycles. The minimum atomic E-state index is -0.867. The minimum Gasteiger partial charge on any atom is -0.368 e. The summed E-state index contributed by atoms with van der Waals surface area (Å²) in [4.78, 5) is 10.1. The third kappa shape index (κ3) is 1.99. The maximum Gasteiger partial charge on any atom is 0.315 e. The first kappa shape index (κ1) is 7.64. The average Bonchev–Trinajstić information content (AvgIpc) is 1.85. The number of hydrogen-bond acceptors (Lipinski definition) is 5. The number of nitrogens with zero attached hydrogens (tertiary/aromatic N) is 3. The van der Waals surface area contributed by atoms with Gasteiger partial charge in [-0.15, -0.1) is 0 Å². The van der Waals surface area contributed by atoms with Crippen LogP contribution in [0.25, 0.3) is 0 Å². The third-order valence-corrected chi connectivity index (χ3v) is 0.960. The van der Waals surface area contributed by atoms with Crippen molar-refractivity contribution >= 4 is 11.9 Å². The molecular weight excluding hydrogens is 149 g/mol.